The number of esters is 1. The number of anilines is 2. The number of aliphatic hydroxyl groups excluding tert-OH is 1. The number of nitrogens with zero attached hydrogens (tertiary/aromatic N) is 5. The number of nitriles is 1. The first-order valence-electron chi connectivity index (χ1n) is 18.5. The maximum Gasteiger partial charge on any atom is 0.490 e. The number of aliphatic hydroxyl groups is 1. The highest BCUT2D eigenvalue weighted by Crippen LogP contribution is 2.37. The maximum absolute atomic E-state index is 13.6. The zero-order valence-electron chi connectivity index (χ0n) is 31.4. The van der Waals surface area contributed by atoms with E-state index in [9.17, 15) is 37.5 Å². The zero-order valence-corrected chi connectivity index (χ0v) is 31.4. The molecule has 6 rings (SSSR count). The number of nitrogens with one attached hydrogen (secondary N) is 5. The third-order valence-electron chi connectivity index (χ3n) is 9.57. The van der Waals surface area contributed by atoms with E-state index in [1.54, 1.807) is 18.2 Å². The Morgan fingerprint density at radius 1 is 0.966 bits per heavy atom. The normalized spacial score (nSPS) is 17.5. The van der Waals surface area contributed by atoms with Crippen LogP contribution < -0.4 is 26.6 Å². The molecule has 1 fully saturated rings. The van der Waals surface area contributed by atoms with Crippen LogP contribution >= 0.6 is 0 Å². The van der Waals surface area contributed by atoms with E-state index in [1.165, 1.54) is 23.9 Å². The van der Waals surface area contributed by atoms with Crippen molar-refractivity contribution in [3.63, 3.8) is 0 Å². The van der Waals surface area contributed by atoms with E-state index < -0.39 is 54.3 Å². The highest BCUT2D eigenvalue weighted by Gasteiger charge is 2.51. The monoisotopic (exact) mass is 812 g/mol. The second-order valence-electron chi connectivity index (χ2n) is 13.5. The molecule has 1 saturated carbocycles. The van der Waals surface area contributed by atoms with E-state index >= 15 is 0 Å². The van der Waals surface area contributed by atoms with Crippen LogP contribution in [0.4, 0.5) is 29.5 Å². The number of hydrogen-bond donors (Lipinski definition) is 6. The summed E-state index contributed by atoms with van der Waals surface area (Å²) in [4.78, 5) is 63.8. The summed E-state index contributed by atoms with van der Waals surface area (Å²) in [6.07, 6.45) is -7.88. The second kappa shape index (κ2) is 18.5. The van der Waals surface area contributed by atoms with Crippen molar-refractivity contribution < 1.29 is 42.2 Å². The number of ether oxygens (including phenoxy) is 1. The highest BCUT2D eigenvalue weighted by atomic mass is 19.4. The first-order valence-corrected chi connectivity index (χ1v) is 18.5. The van der Waals surface area contributed by atoms with Crippen LogP contribution in [0.2, 0.25) is 0 Å². The Labute approximate surface area is 335 Å². The predicted molar refractivity (Wildman–Crippen MR) is 207 cm³/mol. The molecule has 0 unspecified atom stereocenters. The van der Waals surface area contributed by atoms with Gasteiger partial charge in [-0.15, -0.1) is 0 Å². The van der Waals surface area contributed by atoms with Crippen LogP contribution in [0.15, 0.2) is 91.3 Å². The van der Waals surface area contributed by atoms with E-state index in [0.717, 1.165) is 11.1 Å². The van der Waals surface area contributed by atoms with Gasteiger partial charge < -0.3 is 41.0 Å². The number of alkyl halides is 3. The van der Waals surface area contributed by atoms with Crippen LogP contribution in [-0.4, -0.2) is 92.5 Å². The Morgan fingerprint density at radius 2 is 1.64 bits per heavy atom. The summed E-state index contributed by atoms with van der Waals surface area (Å²) < 4.78 is 45.9. The lowest BCUT2D eigenvalue weighted by Crippen LogP contribution is -2.47. The molecule has 2 aromatic heterocycles. The molecule has 0 radical (unpaired) electrons. The molecular formula is C40H39F3N10O6. The van der Waals surface area contributed by atoms with Gasteiger partial charge in [0.15, 0.2) is 17.6 Å². The molecule has 4 amide bonds. The molecule has 0 aliphatic heterocycles. The van der Waals surface area contributed by atoms with Crippen LogP contribution in [0.1, 0.15) is 59.0 Å². The van der Waals surface area contributed by atoms with Crippen molar-refractivity contribution in [2.75, 3.05) is 30.3 Å². The van der Waals surface area contributed by atoms with Crippen molar-refractivity contribution in [2.24, 2.45) is 0 Å². The quantitative estimate of drug-likeness (QED) is 0.0690. The van der Waals surface area contributed by atoms with Gasteiger partial charge in [-0.05, 0) is 35.7 Å². The minimum absolute atomic E-state index is 0.00754. The molecule has 0 saturated heterocycles. The van der Waals surface area contributed by atoms with Crippen LogP contribution in [0.25, 0.3) is 11.2 Å². The molecule has 16 nitrogen and oxygen atoms in total. The maximum atomic E-state index is 13.6. The molecule has 3 aromatic carbocycles. The average molecular weight is 813 g/mol. The van der Waals surface area contributed by atoms with Gasteiger partial charge in [0.2, 0.25) is 11.7 Å². The molecule has 1 aliphatic carbocycles. The van der Waals surface area contributed by atoms with Gasteiger partial charge in [0.05, 0.1) is 30.0 Å². The number of rotatable bonds is 14. The Hall–Kier alpha value is -7.07. The molecule has 0 bridgehead atoms. The van der Waals surface area contributed by atoms with E-state index in [-0.39, 0.29) is 61.2 Å². The fourth-order valence-corrected chi connectivity index (χ4v) is 6.72. The van der Waals surface area contributed by atoms with Gasteiger partial charge in [-0.25, -0.2) is 24.5 Å². The van der Waals surface area contributed by atoms with E-state index in [1.807, 2.05) is 66.7 Å². The summed E-state index contributed by atoms with van der Waals surface area (Å²) in [5, 5.41) is 34.2. The molecule has 306 valence electrons. The second-order valence-corrected chi connectivity index (χ2v) is 13.5. The third-order valence-corrected chi connectivity index (χ3v) is 9.57. The Kier molecular flexibility index (Phi) is 13.0. The standard InChI is InChI=1S/C40H39F3N10O6/c1-2-30(54)50-28-19-29(32(55)33(28)59-38(57)40(41,42)43)53-22-48-31-34(47-21-27(24-11-5-3-6-12-24)25-13-7-4-8-14-25)51-35(52-36(31)53)37(56)45-16-17-46-39(58)49-26-15-9-10-23(18-26)20-44/h3-15,18,22,27-29,32-33,55H,2,16-17,19,21H2,1H3,(H,45,56)(H,50,54)(H2,46,49,58)(H,47,51,52)/t28-,29+,32-,33+/m0/s1. The van der Waals surface area contributed by atoms with Gasteiger partial charge in [0.1, 0.15) is 11.6 Å². The minimum atomic E-state index is -5.37. The van der Waals surface area contributed by atoms with Gasteiger partial charge >= 0.3 is 18.2 Å². The van der Waals surface area contributed by atoms with Crippen LogP contribution in [-0.2, 0) is 14.3 Å². The van der Waals surface area contributed by atoms with E-state index in [0.29, 0.717) is 11.3 Å². The SMILES string of the molecule is CCC(=O)N[C@H]1C[C@@H](n2cnc3c(NCC(c4ccccc4)c4ccccc4)nc(C(=O)NCCNC(=O)Nc4cccc(C#N)c4)nc32)[C@H](O)[C@@H]1OC(=O)C(F)(F)F. The Bertz CT molecular complexity index is 2300. The number of urea groups is 1. The molecule has 5 aromatic rings. The van der Waals surface area contributed by atoms with E-state index in [4.69, 9.17) is 10.00 Å². The lowest BCUT2D eigenvalue weighted by atomic mass is 9.91. The number of amides is 4. The first kappa shape index (κ1) is 41.6. The fourth-order valence-electron chi connectivity index (χ4n) is 6.72. The number of benzene rings is 3. The van der Waals surface area contributed by atoms with Crippen molar-refractivity contribution in [1.82, 2.24) is 35.5 Å². The lowest BCUT2D eigenvalue weighted by Gasteiger charge is -2.24. The highest BCUT2D eigenvalue weighted by molar-refractivity contribution is 5.94. The molecule has 59 heavy (non-hydrogen) atoms. The largest absolute Gasteiger partial charge is 0.490 e. The number of hydrogen-bond acceptors (Lipinski definition) is 11. The average Bonchev–Trinajstić information content (AvgIpc) is 3.79. The smallest absolute Gasteiger partial charge is 0.451 e. The molecule has 6 N–H and O–H groups in total. The molecular weight excluding hydrogens is 773 g/mol. The number of aromatic nitrogens is 4. The topological polar surface area (TPSA) is 225 Å². The van der Waals surface area contributed by atoms with Crippen molar-refractivity contribution >= 4 is 46.5 Å². The van der Waals surface area contributed by atoms with Crippen LogP contribution in [0.5, 0.6) is 0 Å². The number of imidazole rings is 1. The molecule has 4 atom stereocenters. The summed E-state index contributed by atoms with van der Waals surface area (Å²) in [7, 11) is 0. The number of carbonyl (C=O) groups is 4. The number of fused-ring (bicyclic) bond motifs is 1. The minimum Gasteiger partial charge on any atom is -0.451 e. The van der Waals surface area contributed by atoms with Gasteiger partial charge in [-0.2, -0.15) is 18.4 Å². The van der Waals surface area contributed by atoms with Crippen molar-refractivity contribution in [3.05, 3.63) is 114 Å². The van der Waals surface area contributed by atoms with Crippen molar-refractivity contribution in [2.45, 2.75) is 56.2 Å². The number of halogens is 3. The Morgan fingerprint density at radius 3 is 2.29 bits per heavy atom. The van der Waals surface area contributed by atoms with Crippen molar-refractivity contribution in [3.8, 4) is 6.07 Å². The lowest BCUT2D eigenvalue weighted by molar-refractivity contribution is -0.209. The predicted octanol–water partition coefficient (Wildman–Crippen LogP) is 4.17. The van der Waals surface area contributed by atoms with E-state index in [2.05, 4.69) is 41.5 Å². The molecule has 19 heteroatoms. The molecule has 1 aliphatic rings. The van der Waals surface area contributed by atoms with Gasteiger partial charge in [0.25, 0.3) is 5.91 Å². The summed E-state index contributed by atoms with van der Waals surface area (Å²) in [6, 6.07) is 24.6. The van der Waals surface area contributed by atoms with Gasteiger partial charge in [-0.1, -0.05) is 73.7 Å². The van der Waals surface area contributed by atoms with Crippen molar-refractivity contribution in [1.29, 1.82) is 5.26 Å². The number of carbonyl (C=O) groups excluding carboxylic acids is 4. The molecule has 2 heterocycles. The molecule has 0 spiro atoms. The van der Waals surface area contributed by atoms with Gasteiger partial charge in [0, 0.05) is 37.7 Å². The summed E-state index contributed by atoms with van der Waals surface area (Å²) in [6.45, 7) is 1.70. The summed E-state index contributed by atoms with van der Waals surface area (Å²) in [5.41, 5.74) is 2.85. The summed E-state index contributed by atoms with van der Waals surface area (Å²) >= 11 is 0. The van der Waals surface area contributed by atoms with Crippen LogP contribution in [0.3, 0.4) is 0 Å². The summed E-state index contributed by atoms with van der Waals surface area (Å²) in [5.74, 6) is -4.27. The van der Waals surface area contributed by atoms with Crippen LogP contribution in [0, 0.1) is 11.3 Å². The first-order chi connectivity index (χ1) is 28.4. The Balaban J connectivity index is 1.28. The fraction of sp³-hybridized carbons (Fsp3) is 0.300. The van der Waals surface area contributed by atoms with Gasteiger partial charge in [-0.3, -0.25) is 9.59 Å². The third kappa shape index (κ3) is 10.1. The zero-order chi connectivity index (χ0) is 42.1.